The minimum Gasteiger partial charge on any atom is -0.481 e. The van der Waals surface area contributed by atoms with Crippen LogP contribution in [0.15, 0.2) is 59.1 Å². The lowest BCUT2D eigenvalue weighted by Gasteiger charge is -2.21. The zero-order valence-electron chi connectivity index (χ0n) is 15.1. The minimum absolute atomic E-state index is 0.138. The van der Waals surface area contributed by atoms with Crippen molar-refractivity contribution in [1.82, 2.24) is 15.0 Å². The molecular formula is C20H20FN3O3. The van der Waals surface area contributed by atoms with E-state index in [0.717, 1.165) is 0 Å². The number of benzene rings is 2. The SMILES string of the molecule is C[C@@H](Oc1ccccc1)C(=O)N(C)CCc1noc(-c2ccc(F)cc2)n1. The molecule has 3 aromatic rings. The Morgan fingerprint density at radius 1 is 1.19 bits per heavy atom. The van der Waals surface area contributed by atoms with Crippen molar-refractivity contribution in [3.8, 4) is 17.2 Å². The number of carbonyl (C=O) groups excluding carboxylic acids is 1. The van der Waals surface area contributed by atoms with Crippen LogP contribution in [0.1, 0.15) is 12.7 Å². The summed E-state index contributed by atoms with van der Waals surface area (Å²) in [7, 11) is 1.70. The molecule has 2 aromatic carbocycles. The third kappa shape index (κ3) is 4.91. The van der Waals surface area contributed by atoms with Gasteiger partial charge < -0.3 is 14.2 Å². The van der Waals surface area contributed by atoms with Crippen LogP contribution in [0.4, 0.5) is 4.39 Å². The molecule has 140 valence electrons. The first kappa shape index (κ1) is 18.6. The highest BCUT2D eigenvalue weighted by atomic mass is 19.1. The smallest absolute Gasteiger partial charge is 0.263 e. The molecule has 0 N–H and O–H groups in total. The van der Waals surface area contributed by atoms with Gasteiger partial charge in [-0.25, -0.2) is 4.39 Å². The van der Waals surface area contributed by atoms with Crippen LogP contribution < -0.4 is 4.74 Å². The van der Waals surface area contributed by atoms with Gasteiger partial charge in [0, 0.05) is 25.6 Å². The van der Waals surface area contributed by atoms with E-state index in [9.17, 15) is 9.18 Å². The van der Waals surface area contributed by atoms with Gasteiger partial charge in [0.15, 0.2) is 11.9 Å². The van der Waals surface area contributed by atoms with Crippen molar-refractivity contribution >= 4 is 5.91 Å². The molecule has 6 nitrogen and oxygen atoms in total. The molecular weight excluding hydrogens is 349 g/mol. The van der Waals surface area contributed by atoms with E-state index in [2.05, 4.69) is 10.1 Å². The number of hydrogen-bond acceptors (Lipinski definition) is 5. The topological polar surface area (TPSA) is 68.5 Å². The Hall–Kier alpha value is -3.22. The summed E-state index contributed by atoms with van der Waals surface area (Å²) in [4.78, 5) is 18.3. The maximum absolute atomic E-state index is 13.0. The lowest BCUT2D eigenvalue weighted by molar-refractivity contribution is -0.136. The first-order valence-electron chi connectivity index (χ1n) is 8.58. The lowest BCUT2D eigenvalue weighted by atomic mass is 10.2. The Morgan fingerprint density at radius 2 is 1.89 bits per heavy atom. The van der Waals surface area contributed by atoms with Gasteiger partial charge in [0.25, 0.3) is 11.8 Å². The number of rotatable bonds is 7. The number of para-hydroxylation sites is 1. The monoisotopic (exact) mass is 369 g/mol. The number of ether oxygens (including phenoxy) is 1. The molecule has 0 saturated carbocycles. The average Bonchev–Trinajstić information content (AvgIpc) is 3.16. The number of hydrogen-bond donors (Lipinski definition) is 0. The van der Waals surface area contributed by atoms with Crippen molar-refractivity contribution in [3.63, 3.8) is 0 Å². The van der Waals surface area contributed by atoms with Gasteiger partial charge in [0.05, 0.1) is 0 Å². The van der Waals surface area contributed by atoms with Gasteiger partial charge in [-0.3, -0.25) is 4.79 Å². The Balaban J connectivity index is 1.53. The highest BCUT2D eigenvalue weighted by Crippen LogP contribution is 2.17. The van der Waals surface area contributed by atoms with Gasteiger partial charge in [-0.05, 0) is 43.3 Å². The van der Waals surface area contributed by atoms with Crippen LogP contribution in [0, 0.1) is 5.82 Å². The van der Waals surface area contributed by atoms with Crippen LogP contribution in [-0.2, 0) is 11.2 Å². The molecule has 1 amide bonds. The lowest BCUT2D eigenvalue weighted by Crippen LogP contribution is -2.39. The predicted molar refractivity (Wildman–Crippen MR) is 97.6 cm³/mol. The van der Waals surface area contributed by atoms with E-state index < -0.39 is 6.10 Å². The highest BCUT2D eigenvalue weighted by Gasteiger charge is 2.20. The van der Waals surface area contributed by atoms with E-state index in [1.165, 1.54) is 12.1 Å². The molecule has 0 spiro atoms. The molecule has 1 heterocycles. The molecule has 0 fully saturated rings. The van der Waals surface area contributed by atoms with Crippen LogP contribution in [-0.4, -0.2) is 40.6 Å². The second-order valence-electron chi connectivity index (χ2n) is 6.11. The number of nitrogens with zero attached hydrogens (tertiary/aromatic N) is 3. The zero-order chi connectivity index (χ0) is 19.2. The summed E-state index contributed by atoms with van der Waals surface area (Å²) in [6, 6.07) is 15.0. The van der Waals surface area contributed by atoms with E-state index in [1.54, 1.807) is 43.1 Å². The van der Waals surface area contributed by atoms with E-state index in [1.807, 2.05) is 18.2 Å². The Kier molecular flexibility index (Phi) is 5.80. The van der Waals surface area contributed by atoms with Crippen molar-refractivity contribution < 1.29 is 18.4 Å². The number of aromatic nitrogens is 2. The number of halogens is 1. The summed E-state index contributed by atoms with van der Waals surface area (Å²) in [5.74, 6) is 0.978. The van der Waals surface area contributed by atoms with Crippen LogP contribution in [0.2, 0.25) is 0 Å². The van der Waals surface area contributed by atoms with Crippen LogP contribution >= 0.6 is 0 Å². The summed E-state index contributed by atoms with van der Waals surface area (Å²) < 4.78 is 23.8. The van der Waals surface area contributed by atoms with Crippen molar-refractivity contribution in [3.05, 3.63) is 66.2 Å². The molecule has 3 rings (SSSR count). The Morgan fingerprint density at radius 3 is 2.59 bits per heavy atom. The Bertz CT molecular complexity index is 881. The number of amides is 1. The molecule has 0 aliphatic carbocycles. The molecule has 7 heteroatoms. The van der Waals surface area contributed by atoms with Crippen LogP contribution in [0.5, 0.6) is 5.75 Å². The fraction of sp³-hybridized carbons (Fsp3) is 0.250. The summed E-state index contributed by atoms with van der Waals surface area (Å²) >= 11 is 0. The van der Waals surface area contributed by atoms with E-state index in [4.69, 9.17) is 9.26 Å². The summed E-state index contributed by atoms with van der Waals surface area (Å²) in [5.41, 5.74) is 0.643. The molecule has 27 heavy (non-hydrogen) atoms. The van der Waals surface area contributed by atoms with E-state index >= 15 is 0 Å². The first-order valence-corrected chi connectivity index (χ1v) is 8.58. The van der Waals surface area contributed by atoms with Crippen molar-refractivity contribution in [2.24, 2.45) is 0 Å². The fourth-order valence-electron chi connectivity index (χ4n) is 2.51. The van der Waals surface area contributed by atoms with Gasteiger partial charge in [-0.1, -0.05) is 23.4 Å². The van der Waals surface area contributed by atoms with Crippen LogP contribution in [0.3, 0.4) is 0 Å². The van der Waals surface area contributed by atoms with Gasteiger partial charge in [0.2, 0.25) is 0 Å². The van der Waals surface area contributed by atoms with Crippen molar-refractivity contribution in [2.45, 2.75) is 19.4 Å². The molecule has 1 atom stereocenters. The van der Waals surface area contributed by atoms with Gasteiger partial charge >= 0.3 is 0 Å². The van der Waals surface area contributed by atoms with E-state index in [0.29, 0.717) is 36.0 Å². The summed E-state index contributed by atoms with van der Waals surface area (Å²) in [5, 5.41) is 3.91. The molecule has 0 saturated heterocycles. The van der Waals surface area contributed by atoms with Gasteiger partial charge in [0.1, 0.15) is 11.6 Å². The summed E-state index contributed by atoms with van der Waals surface area (Å²) in [6.45, 7) is 2.14. The second kappa shape index (κ2) is 8.44. The van der Waals surface area contributed by atoms with Gasteiger partial charge in [-0.2, -0.15) is 4.98 Å². The molecule has 0 unspecified atom stereocenters. The molecule has 1 aromatic heterocycles. The number of likely N-dealkylation sites (N-methyl/N-ethyl adjacent to an activating group) is 1. The predicted octanol–water partition coefficient (Wildman–Crippen LogP) is 3.34. The average molecular weight is 369 g/mol. The Labute approximate surface area is 156 Å². The molecule has 0 bridgehead atoms. The maximum atomic E-state index is 13.0. The zero-order valence-corrected chi connectivity index (χ0v) is 15.1. The van der Waals surface area contributed by atoms with Crippen molar-refractivity contribution in [2.75, 3.05) is 13.6 Å². The maximum Gasteiger partial charge on any atom is 0.263 e. The third-order valence-corrected chi connectivity index (χ3v) is 4.01. The van der Waals surface area contributed by atoms with Gasteiger partial charge in [-0.15, -0.1) is 0 Å². The first-order chi connectivity index (χ1) is 13.0. The minimum atomic E-state index is -0.600. The highest BCUT2D eigenvalue weighted by molar-refractivity contribution is 5.80. The normalized spacial score (nSPS) is 11.8. The summed E-state index contributed by atoms with van der Waals surface area (Å²) in [6.07, 6.45) is -0.164. The molecule has 0 aliphatic heterocycles. The second-order valence-corrected chi connectivity index (χ2v) is 6.11. The standard InChI is InChI=1S/C20H20FN3O3/c1-14(26-17-6-4-3-5-7-17)20(25)24(2)13-12-18-22-19(27-23-18)15-8-10-16(21)11-9-15/h3-11,14H,12-13H2,1-2H3/t14-/m1/s1. The third-order valence-electron chi connectivity index (χ3n) is 4.01. The molecule has 0 aliphatic rings. The largest absolute Gasteiger partial charge is 0.481 e. The number of carbonyl (C=O) groups is 1. The quantitative estimate of drug-likeness (QED) is 0.639. The van der Waals surface area contributed by atoms with Crippen molar-refractivity contribution in [1.29, 1.82) is 0 Å². The van der Waals surface area contributed by atoms with E-state index in [-0.39, 0.29) is 11.7 Å². The fourth-order valence-corrected chi connectivity index (χ4v) is 2.51. The van der Waals surface area contributed by atoms with Crippen LogP contribution in [0.25, 0.3) is 11.5 Å². The molecule has 0 radical (unpaired) electrons.